The highest BCUT2D eigenvalue weighted by atomic mass is 79.9. The first-order valence-corrected chi connectivity index (χ1v) is 19.8. The Bertz CT molecular complexity index is 1410. The van der Waals surface area contributed by atoms with Gasteiger partial charge in [0.05, 0.1) is 0 Å². The van der Waals surface area contributed by atoms with Gasteiger partial charge < -0.3 is 0 Å². The summed E-state index contributed by atoms with van der Waals surface area (Å²) in [6.45, 7) is 4.70. The van der Waals surface area contributed by atoms with Crippen molar-refractivity contribution in [2.75, 3.05) is 0 Å². The Balaban J connectivity index is 1.15. The van der Waals surface area contributed by atoms with Gasteiger partial charge in [0, 0.05) is 18.7 Å². The lowest BCUT2D eigenvalue weighted by Gasteiger charge is -2.28. The van der Waals surface area contributed by atoms with Gasteiger partial charge in [-0.15, -0.1) is 0 Å². The molecule has 0 spiro atoms. The Morgan fingerprint density at radius 1 is 0.511 bits per heavy atom. The van der Waals surface area contributed by atoms with Crippen LogP contribution in [0.5, 0.6) is 0 Å². The highest BCUT2D eigenvalue weighted by molar-refractivity contribution is 9.10. The second kappa shape index (κ2) is 15.9. The standard InChI is InChI=1S/C42H48Br2S/c1-3-29-5-13-33(14-6-29)35-17-9-31(10-18-35)25-37-27-39(43)21-23-41(37)45-42-24-22-40(44)28-38(42)26-32-11-19-36(20-12-32)34-15-7-30(4-2)8-16-34/h9-12,17-24,27-30,33-34H,3-8,13-16,25-26H2,1-2H3. The molecule has 2 saturated carbocycles. The largest absolute Gasteiger partial charge is 0.0895 e. The van der Waals surface area contributed by atoms with E-state index in [1.165, 1.54) is 107 Å². The average Bonchev–Trinajstić information content (AvgIpc) is 3.08. The monoisotopic (exact) mass is 742 g/mol. The summed E-state index contributed by atoms with van der Waals surface area (Å²) < 4.78 is 2.29. The van der Waals surface area contributed by atoms with Gasteiger partial charge in [-0.2, -0.15) is 0 Å². The molecule has 3 heteroatoms. The van der Waals surface area contributed by atoms with Gasteiger partial charge in [-0.3, -0.25) is 0 Å². The third-order valence-electron chi connectivity index (χ3n) is 10.8. The first kappa shape index (κ1) is 33.1. The molecule has 2 aliphatic carbocycles. The Morgan fingerprint density at radius 2 is 0.889 bits per heavy atom. The SMILES string of the molecule is CCC1CCC(c2ccc(Cc3cc(Br)ccc3Sc3ccc(Br)cc3Cc3ccc(C4CCC(CC)CC4)cc3)cc2)CC1. The lowest BCUT2D eigenvalue weighted by Crippen LogP contribution is -2.12. The molecule has 2 aliphatic rings. The molecule has 0 heterocycles. The molecule has 0 saturated heterocycles. The molecule has 0 aromatic heterocycles. The molecule has 45 heavy (non-hydrogen) atoms. The zero-order valence-electron chi connectivity index (χ0n) is 27.0. The molecule has 0 radical (unpaired) electrons. The van der Waals surface area contributed by atoms with E-state index in [9.17, 15) is 0 Å². The van der Waals surface area contributed by atoms with Crippen LogP contribution in [-0.2, 0) is 12.8 Å². The lowest BCUT2D eigenvalue weighted by atomic mass is 9.78. The van der Waals surface area contributed by atoms with E-state index in [0.29, 0.717) is 0 Å². The van der Waals surface area contributed by atoms with Crippen molar-refractivity contribution < 1.29 is 0 Å². The number of halogens is 2. The van der Waals surface area contributed by atoms with Crippen molar-refractivity contribution >= 4 is 43.6 Å². The molecular formula is C42H48Br2S. The number of rotatable bonds is 10. The second-order valence-electron chi connectivity index (χ2n) is 13.7. The third kappa shape index (κ3) is 8.76. The van der Waals surface area contributed by atoms with Crippen LogP contribution < -0.4 is 0 Å². The van der Waals surface area contributed by atoms with Crippen LogP contribution in [-0.4, -0.2) is 0 Å². The van der Waals surface area contributed by atoms with E-state index < -0.39 is 0 Å². The minimum Gasteiger partial charge on any atom is -0.0895 e. The maximum Gasteiger partial charge on any atom is 0.0178 e. The van der Waals surface area contributed by atoms with Crippen molar-refractivity contribution in [1.29, 1.82) is 0 Å². The molecule has 0 amide bonds. The number of benzene rings is 4. The van der Waals surface area contributed by atoms with E-state index >= 15 is 0 Å². The normalized spacial score (nSPS) is 22.0. The van der Waals surface area contributed by atoms with Gasteiger partial charge in [0.25, 0.3) is 0 Å². The predicted molar refractivity (Wildman–Crippen MR) is 201 cm³/mol. The molecule has 2 fully saturated rings. The molecule has 236 valence electrons. The Hall–Kier alpha value is -1.81. The minimum atomic E-state index is 0.742. The van der Waals surface area contributed by atoms with Crippen LogP contribution in [0.2, 0.25) is 0 Å². The predicted octanol–water partition coefficient (Wildman–Crippen LogP) is 13.9. The summed E-state index contributed by atoms with van der Waals surface area (Å²) in [5.74, 6) is 3.37. The molecule has 6 rings (SSSR count). The first-order valence-electron chi connectivity index (χ1n) is 17.4. The summed E-state index contributed by atoms with van der Waals surface area (Å²) in [7, 11) is 0. The Labute approximate surface area is 293 Å². The summed E-state index contributed by atoms with van der Waals surface area (Å²) >= 11 is 9.44. The molecule has 0 nitrogen and oxygen atoms in total. The maximum atomic E-state index is 3.76. The molecule has 4 aromatic rings. The average molecular weight is 745 g/mol. The van der Waals surface area contributed by atoms with Gasteiger partial charge in [0.1, 0.15) is 0 Å². The van der Waals surface area contributed by atoms with E-state index in [1.54, 1.807) is 0 Å². The fourth-order valence-electron chi connectivity index (χ4n) is 7.75. The summed E-state index contributed by atoms with van der Waals surface area (Å²) in [5, 5.41) is 0. The van der Waals surface area contributed by atoms with Crippen molar-refractivity contribution in [3.63, 3.8) is 0 Å². The zero-order chi connectivity index (χ0) is 31.2. The van der Waals surface area contributed by atoms with Crippen LogP contribution >= 0.6 is 43.6 Å². The van der Waals surface area contributed by atoms with Crippen molar-refractivity contribution in [2.24, 2.45) is 11.8 Å². The summed E-state index contributed by atoms with van der Waals surface area (Å²) in [5.41, 5.74) is 8.60. The van der Waals surface area contributed by atoms with Crippen LogP contribution in [0.15, 0.2) is 104 Å². The van der Waals surface area contributed by atoms with Crippen LogP contribution in [0.3, 0.4) is 0 Å². The van der Waals surface area contributed by atoms with Gasteiger partial charge in [-0.1, -0.05) is 119 Å². The zero-order valence-corrected chi connectivity index (χ0v) is 31.0. The van der Waals surface area contributed by atoms with E-state index in [2.05, 4.69) is 131 Å². The van der Waals surface area contributed by atoms with Gasteiger partial charge in [-0.25, -0.2) is 0 Å². The summed E-state index contributed by atoms with van der Waals surface area (Å²) in [6.07, 6.45) is 15.5. The van der Waals surface area contributed by atoms with Crippen LogP contribution in [0.25, 0.3) is 0 Å². The maximum absolute atomic E-state index is 3.76. The summed E-state index contributed by atoms with van der Waals surface area (Å²) in [6, 6.07) is 32.7. The molecule has 0 atom stereocenters. The van der Waals surface area contributed by atoms with Crippen molar-refractivity contribution in [3.05, 3.63) is 127 Å². The quantitative estimate of drug-likeness (QED) is 0.156. The Morgan fingerprint density at radius 3 is 1.24 bits per heavy atom. The van der Waals surface area contributed by atoms with Crippen LogP contribution in [0.1, 0.15) is 123 Å². The van der Waals surface area contributed by atoms with E-state index in [1.807, 2.05) is 11.8 Å². The van der Waals surface area contributed by atoms with Crippen LogP contribution in [0, 0.1) is 11.8 Å². The third-order valence-corrected chi connectivity index (χ3v) is 13.0. The molecule has 0 N–H and O–H groups in total. The molecular weight excluding hydrogens is 696 g/mol. The molecule has 0 bridgehead atoms. The highest BCUT2D eigenvalue weighted by Gasteiger charge is 2.22. The smallest absolute Gasteiger partial charge is 0.0178 e. The molecule has 0 unspecified atom stereocenters. The second-order valence-corrected chi connectivity index (χ2v) is 16.6. The fourth-order valence-corrected chi connectivity index (χ4v) is 9.60. The van der Waals surface area contributed by atoms with Crippen molar-refractivity contribution in [3.8, 4) is 0 Å². The van der Waals surface area contributed by atoms with E-state index in [-0.39, 0.29) is 0 Å². The van der Waals surface area contributed by atoms with Crippen molar-refractivity contribution in [1.82, 2.24) is 0 Å². The van der Waals surface area contributed by atoms with Gasteiger partial charge in [-0.05, 0) is 158 Å². The summed E-state index contributed by atoms with van der Waals surface area (Å²) in [4.78, 5) is 2.67. The van der Waals surface area contributed by atoms with Gasteiger partial charge in [0.2, 0.25) is 0 Å². The fraction of sp³-hybridized carbons (Fsp3) is 0.429. The Kier molecular flexibility index (Phi) is 11.7. The number of hydrogen-bond donors (Lipinski definition) is 0. The topological polar surface area (TPSA) is 0 Å². The highest BCUT2D eigenvalue weighted by Crippen LogP contribution is 2.40. The number of hydrogen-bond acceptors (Lipinski definition) is 1. The van der Waals surface area contributed by atoms with Crippen molar-refractivity contribution in [2.45, 2.75) is 113 Å². The molecule has 0 aliphatic heterocycles. The molecule has 4 aromatic carbocycles. The minimum absolute atomic E-state index is 0.742. The lowest BCUT2D eigenvalue weighted by molar-refractivity contribution is 0.319. The first-order chi connectivity index (χ1) is 22.0. The van der Waals surface area contributed by atoms with E-state index in [0.717, 1.165) is 45.5 Å². The van der Waals surface area contributed by atoms with Gasteiger partial charge >= 0.3 is 0 Å². The van der Waals surface area contributed by atoms with Gasteiger partial charge in [0.15, 0.2) is 0 Å². The van der Waals surface area contributed by atoms with Crippen LogP contribution in [0.4, 0.5) is 0 Å². The van der Waals surface area contributed by atoms with E-state index in [4.69, 9.17) is 0 Å².